The Morgan fingerprint density at radius 3 is 2.88 bits per heavy atom. The minimum Gasteiger partial charge on any atom is -0.396 e. The first kappa shape index (κ1) is 11.6. The first-order chi connectivity index (χ1) is 7.83. The molecule has 0 atom stereocenters. The van der Waals surface area contributed by atoms with Crippen LogP contribution in [-0.4, -0.2) is 35.1 Å². The molecule has 0 aromatic carbocycles. The van der Waals surface area contributed by atoms with Crippen molar-refractivity contribution in [2.24, 2.45) is 0 Å². The number of carbonyl (C=O) groups excluding carboxylic acids is 1. The van der Waals surface area contributed by atoms with Gasteiger partial charge in [-0.2, -0.15) is 11.3 Å². The fourth-order valence-corrected chi connectivity index (χ4v) is 2.57. The number of nitrogens with zero attached hydrogens (tertiary/aromatic N) is 1. The second-order valence-corrected chi connectivity index (χ2v) is 4.95. The largest absolute Gasteiger partial charge is 0.396 e. The predicted octanol–water partition coefficient (Wildman–Crippen LogP) is 2.13. The van der Waals surface area contributed by atoms with Crippen LogP contribution in [0.5, 0.6) is 0 Å². The van der Waals surface area contributed by atoms with E-state index in [0.717, 1.165) is 18.4 Å². The molecule has 0 saturated heterocycles. The number of carbonyl (C=O) groups is 1. The first-order valence-electron chi connectivity index (χ1n) is 5.77. The van der Waals surface area contributed by atoms with Crippen molar-refractivity contribution in [3.05, 3.63) is 22.4 Å². The number of rotatable bonds is 5. The van der Waals surface area contributed by atoms with Gasteiger partial charge in [0.2, 0.25) is 0 Å². The molecule has 1 N–H and O–H groups in total. The smallest absolute Gasteiger partial charge is 0.254 e. The zero-order valence-electron chi connectivity index (χ0n) is 9.26. The van der Waals surface area contributed by atoms with Gasteiger partial charge in [-0.05, 0) is 37.1 Å². The van der Waals surface area contributed by atoms with Gasteiger partial charge in [0.25, 0.3) is 5.91 Å². The standard InChI is InChI=1S/C12H17NO2S/c14-7-2-6-13(11-3-1-4-11)12(15)10-5-8-16-9-10/h5,8-9,11,14H,1-4,6-7H2. The summed E-state index contributed by atoms with van der Waals surface area (Å²) in [5, 5.41) is 12.7. The van der Waals surface area contributed by atoms with Crippen LogP contribution in [0.2, 0.25) is 0 Å². The number of amides is 1. The van der Waals surface area contributed by atoms with Crippen LogP contribution in [-0.2, 0) is 0 Å². The Kier molecular flexibility index (Phi) is 3.96. The number of hydrogen-bond acceptors (Lipinski definition) is 3. The quantitative estimate of drug-likeness (QED) is 0.855. The zero-order valence-corrected chi connectivity index (χ0v) is 10.1. The molecule has 1 heterocycles. The summed E-state index contributed by atoms with van der Waals surface area (Å²) in [6.07, 6.45) is 4.12. The maximum Gasteiger partial charge on any atom is 0.254 e. The average Bonchev–Trinajstić information content (AvgIpc) is 2.73. The summed E-state index contributed by atoms with van der Waals surface area (Å²) in [5.74, 6) is 0.124. The Labute approximate surface area is 99.7 Å². The molecule has 4 heteroatoms. The Morgan fingerprint density at radius 2 is 2.38 bits per heavy atom. The van der Waals surface area contributed by atoms with Crippen LogP contribution in [0, 0.1) is 0 Å². The van der Waals surface area contributed by atoms with Crippen molar-refractivity contribution in [3.8, 4) is 0 Å². The van der Waals surface area contributed by atoms with Gasteiger partial charge in [-0.15, -0.1) is 0 Å². The van der Waals surface area contributed by atoms with Crippen molar-refractivity contribution in [3.63, 3.8) is 0 Å². The molecule has 1 saturated carbocycles. The van der Waals surface area contributed by atoms with Crippen molar-refractivity contribution in [2.45, 2.75) is 31.7 Å². The van der Waals surface area contributed by atoms with E-state index in [1.54, 1.807) is 11.3 Å². The molecule has 0 aliphatic heterocycles. The van der Waals surface area contributed by atoms with Crippen LogP contribution in [0.1, 0.15) is 36.0 Å². The molecular weight excluding hydrogens is 222 g/mol. The zero-order chi connectivity index (χ0) is 11.4. The second-order valence-electron chi connectivity index (χ2n) is 4.17. The van der Waals surface area contributed by atoms with Gasteiger partial charge in [0.05, 0.1) is 5.56 Å². The number of aliphatic hydroxyl groups is 1. The molecule has 1 aliphatic rings. The number of thiophene rings is 1. The lowest BCUT2D eigenvalue weighted by molar-refractivity contribution is 0.0563. The highest BCUT2D eigenvalue weighted by molar-refractivity contribution is 7.08. The molecule has 1 amide bonds. The van der Waals surface area contributed by atoms with E-state index in [9.17, 15) is 4.79 Å². The summed E-state index contributed by atoms with van der Waals surface area (Å²) < 4.78 is 0. The van der Waals surface area contributed by atoms with Crippen molar-refractivity contribution in [1.29, 1.82) is 0 Å². The van der Waals surface area contributed by atoms with E-state index in [1.807, 2.05) is 21.7 Å². The summed E-state index contributed by atoms with van der Waals surface area (Å²) >= 11 is 1.55. The maximum absolute atomic E-state index is 12.2. The lowest BCUT2D eigenvalue weighted by atomic mass is 9.91. The van der Waals surface area contributed by atoms with E-state index in [-0.39, 0.29) is 12.5 Å². The van der Waals surface area contributed by atoms with Crippen LogP contribution < -0.4 is 0 Å². The Balaban J connectivity index is 2.02. The van der Waals surface area contributed by atoms with Crippen molar-refractivity contribution < 1.29 is 9.90 Å². The molecule has 1 fully saturated rings. The lowest BCUT2D eigenvalue weighted by Gasteiger charge is -2.37. The van der Waals surface area contributed by atoms with Gasteiger partial charge >= 0.3 is 0 Å². The molecule has 1 aromatic rings. The fourth-order valence-electron chi connectivity index (χ4n) is 1.94. The highest BCUT2D eigenvalue weighted by atomic mass is 32.1. The summed E-state index contributed by atoms with van der Waals surface area (Å²) in [6, 6.07) is 2.27. The highest BCUT2D eigenvalue weighted by Gasteiger charge is 2.28. The van der Waals surface area contributed by atoms with Gasteiger partial charge in [-0.3, -0.25) is 4.79 Å². The Hall–Kier alpha value is -0.870. The summed E-state index contributed by atoms with van der Waals surface area (Å²) in [5.41, 5.74) is 0.787. The molecule has 3 nitrogen and oxygen atoms in total. The van der Waals surface area contributed by atoms with Gasteiger partial charge in [-0.1, -0.05) is 0 Å². The van der Waals surface area contributed by atoms with E-state index < -0.39 is 0 Å². The van der Waals surface area contributed by atoms with E-state index in [2.05, 4.69) is 0 Å². The summed E-state index contributed by atoms with van der Waals surface area (Å²) in [6.45, 7) is 0.829. The molecule has 0 radical (unpaired) electrons. The summed E-state index contributed by atoms with van der Waals surface area (Å²) in [7, 11) is 0. The number of aliphatic hydroxyl groups excluding tert-OH is 1. The molecule has 0 unspecified atom stereocenters. The molecule has 2 rings (SSSR count). The monoisotopic (exact) mass is 239 g/mol. The van der Waals surface area contributed by atoms with Gasteiger partial charge in [0.1, 0.15) is 0 Å². The van der Waals surface area contributed by atoms with Crippen LogP contribution in [0.15, 0.2) is 16.8 Å². The third-order valence-electron chi connectivity index (χ3n) is 3.10. The third kappa shape index (κ3) is 2.44. The van der Waals surface area contributed by atoms with Crippen LogP contribution in [0.3, 0.4) is 0 Å². The molecule has 1 aliphatic carbocycles. The van der Waals surface area contributed by atoms with Crippen molar-refractivity contribution >= 4 is 17.2 Å². The van der Waals surface area contributed by atoms with Gasteiger partial charge in [0.15, 0.2) is 0 Å². The van der Waals surface area contributed by atoms with E-state index in [4.69, 9.17) is 5.11 Å². The Morgan fingerprint density at radius 1 is 1.56 bits per heavy atom. The molecule has 88 valence electrons. The second kappa shape index (κ2) is 5.46. The SMILES string of the molecule is O=C(c1ccsc1)N(CCCO)C1CCC1. The lowest BCUT2D eigenvalue weighted by Crippen LogP contribution is -2.44. The van der Waals surface area contributed by atoms with Gasteiger partial charge < -0.3 is 10.0 Å². The minimum absolute atomic E-state index is 0.124. The maximum atomic E-state index is 12.2. The van der Waals surface area contributed by atoms with E-state index in [1.165, 1.54) is 6.42 Å². The van der Waals surface area contributed by atoms with Crippen LogP contribution >= 0.6 is 11.3 Å². The van der Waals surface area contributed by atoms with Crippen molar-refractivity contribution in [2.75, 3.05) is 13.2 Å². The Bertz CT molecular complexity index is 333. The normalized spacial score (nSPS) is 15.8. The molecular formula is C12H17NO2S. The summed E-state index contributed by atoms with van der Waals surface area (Å²) in [4.78, 5) is 14.1. The highest BCUT2D eigenvalue weighted by Crippen LogP contribution is 2.26. The molecule has 0 bridgehead atoms. The first-order valence-corrected chi connectivity index (χ1v) is 6.71. The topological polar surface area (TPSA) is 40.5 Å². The van der Waals surface area contributed by atoms with Crippen molar-refractivity contribution in [1.82, 2.24) is 4.90 Å². The molecule has 16 heavy (non-hydrogen) atoms. The third-order valence-corrected chi connectivity index (χ3v) is 3.78. The molecule has 0 spiro atoms. The predicted molar refractivity (Wildman–Crippen MR) is 64.7 cm³/mol. The minimum atomic E-state index is 0.124. The molecule has 1 aromatic heterocycles. The van der Waals surface area contributed by atoms with Crippen LogP contribution in [0.4, 0.5) is 0 Å². The van der Waals surface area contributed by atoms with Gasteiger partial charge in [-0.25, -0.2) is 0 Å². The van der Waals surface area contributed by atoms with Gasteiger partial charge in [0, 0.05) is 24.6 Å². The van der Waals surface area contributed by atoms with E-state index in [0.29, 0.717) is 19.0 Å². The average molecular weight is 239 g/mol. The number of hydrogen-bond donors (Lipinski definition) is 1. The van der Waals surface area contributed by atoms with E-state index >= 15 is 0 Å². The van der Waals surface area contributed by atoms with Crippen LogP contribution in [0.25, 0.3) is 0 Å². The fraction of sp³-hybridized carbons (Fsp3) is 0.583.